The summed E-state index contributed by atoms with van der Waals surface area (Å²) in [5.74, 6) is 1.13. The van der Waals surface area contributed by atoms with E-state index in [2.05, 4.69) is 31.1 Å². The second-order valence-corrected chi connectivity index (χ2v) is 3.94. The fraction of sp³-hybridized carbons (Fsp3) is 0.909. The minimum Gasteiger partial charge on any atom is -0.369 e. The van der Waals surface area contributed by atoms with Crippen molar-refractivity contribution in [3.8, 4) is 0 Å². The number of amidine groups is 1. The second-order valence-electron chi connectivity index (χ2n) is 3.94. The maximum Gasteiger partial charge on any atom is 0.0938 e. The summed E-state index contributed by atoms with van der Waals surface area (Å²) >= 11 is 0. The third-order valence-corrected chi connectivity index (χ3v) is 2.76. The Labute approximate surface area is 81.8 Å². The van der Waals surface area contributed by atoms with E-state index < -0.39 is 0 Å². The highest BCUT2D eigenvalue weighted by Crippen LogP contribution is 2.16. The molecule has 0 aromatic heterocycles. The van der Waals surface area contributed by atoms with Gasteiger partial charge in [-0.15, -0.1) is 0 Å². The molecule has 2 unspecified atom stereocenters. The molecule has 13 heavy (non-hydrogen) atoms. The van der Waals surface area contributed by atoms with E-state index in [1.807, 2.05) is 0 Å². The molecule has 2 nitrogen and oxygen atoms in total. The van der Waals surface area contributed by atoms with Crippen LogP contribution in [-0.2, 0) is 0 Å². The highest BCUT2D eigenvalue weighted by molar-refractivity contribution is 5.81. The first-order chi connectivity index (χ1) is 6.27. The van der Waals surface area contributed by atoms with E-state index in [1.165, 1.54) is 32.1 Å². The van der Waals surface area contributed by atoms with Crippen molar-refractivity contribution in [3.05, 3.63) is 0 Å². The van der Waals surface area contributed by atoms with Gasteiger partial charge in [0.25, 0.3) is 0 Å². The highest BCUT2D eigenvalue weighted by atomic mass is 15.1. The molecule has 0 bridgehead atoms. The summed E-state index contributed by atoms with van der Waals surface area (Å²) in [4.78, 5) is 4.57. The zero-order chi connectivity index (χ0) is 9.68. The monoisotopic (exact) mass is 182 g/mol. The van der Waals surface area contributed by atoms with Gasteiger partial charge in [-0.05, 0) is 19.8 Å². The Bertz CT molecular complexity index is 175. The van der Waals surface area contributed by atoms with Crippen LogP contribution in [0, 0.1) is 0 Å². The van der Waals surface area contributed by atoms with E-state index in [9.17, 15) is 0 Å². The first-order valence-electron chi connectivity index (χ1n) is 5.58. The van der Waals surface area contributed by atoms with E-state index in [-0.39, 0.29) is 0 Å². The molecule has 0 radical (unpaired) electrons. The van der Waals surface area contributed by atoms with E-state index in [0.29, 0.717) is 12.1 Å². The van der Waals surface area contributed by atoms with Gasteiger partial charge in [0.2, 0.25) is 0 Å². The summed E-state index contributed by atoms with van der Waals surface area (Å²) in [6.07, 6.45) is 6.46. The number of hydrogen-bond acceptors (Lipinski definition) is 2. The molecule has 0 amide bonds. The smallest absolute Gasteiger partial charge is 0.0938 e. The Balaban J connectivity index is 2.27. The van der Waals surface area contributed by atoms with E-state index in [1.54, 1.807) is 0 Å². The summed E-state index contributed by atoms with van der Waals surface area (Å²) < 4.78 is 0. The van der Waals surface area contributed by atoms with Crippen molar-refractivity contribution >= 4 is 5.84 Å². The second kappa shape index (κ2) is 5.25. The van der Waals surface area contributed by atoms with Crippen molar-refractivity contribution in [1.29, 1.82) is 0 Å². The zero-order valence-corrected chi connectivity index (χ0v) is 9.14. The van der Waals surface area contributed by atoms with Crippen LogP contribution in [0.5, 0.6) is 0 Å². The summed E-state index contributed by atoms with van der Waals surface area (Å²) in [5.41, 5.74) is 0. The number of aliphatic imine (C=N–C) groups is 1. The first kappa shape index (κ1) is 10.6. The maximum atomic E-state index is 4.57. The molecular weight excluding hydrogens is 160 g/mol. The van der Waals surface area contributed by atoms with Gasteiger partial charge in [0.05, 0.1) is 11.9 Å². The van der Waals surface area contributed by atoms with Crippen molar-refractivity contribution in [3.63, 3.8) is 0 Å². The molecule has 0 aliphatic carbocycles. The van der Waals surface area contributed by atoms with Gasteiger partial charge in [-0.25, -0.2) is 0 Å². The van der Waals surface area contributed by atoms with Crippen LogP contribution in [0.15, 0.2) is 4.99 Å². The zero-order valence-electron chi connectivity index (χ0n) is 9.14. The van der Waals surface area contributed by atoms with Crippen LogP contribution < -0.4 is 5.32 Å². The van der Waals surface area contributed by atoms with Crippen molar-refractivity contribution in [2.24, 2.45) is 4.99 Å². The molecule has 1 heterocycles. The molecule has 1 rings (SSSR count). The minimum atomic E-state index is 0.539. The lowest BCUT2D eigenvalue weighted by Crippen LogP contribution is -2.33. The molecule has 0 aromatic rings. The predicted octanol–water partition coefficient (Wildman–Crippen LogP) is 2.74. The number of rotatable bonds is 5. The summed E-state index contributed by atoms with van der Waals surface area (Å²) in [6.45, 7) is 6.55. The van der Waals surface area contributed by atoms with Gasteiger partial charge in [0.1, 0.15) is 0 Å². The van der Waals surface area contributed by atoms with Gasteiger partial charge >= 0.3 is 0 Å². The Morgan fingerprint density at radius 1 is 1.31 bits per heavy atom. The lowest BCUT2D eigenvalue weighted by atomic mass is 10.0. The van der Waals surface area contributed by atoms with Crippen LogP contribution in [-0.4, -0.2) is 17.9 Å². The van der Waals surface area contributed by atoms with Crippen molar-refractivity contribution < 1.29 is 0 Å². The minimum absolute atomic E-state index is 0.539. The Kier molecular flexibility index (Phi) is 4.26. The third-order valence-electron chi connectivity index (χ3n) is 2.76. The first-order valence-corrected chi connectivity index (χ1v) is 5.58. The maximum absolute atomic E-state index is 4.57. The molecular formula is C11H22N2. The van der Waals surface area contributed by atoms with Gasteiger partial charge in [-0.1, -0.05) is 33.1 Å². The molecule has 1 aliphatic rings. The molecule has 0 aromatic carbocycles. The lowest BCUT2D eigenvalue weighted by Gasteiger charge is -2.16. The van der Waals surface area contributed by atoms with E-state index >= 15 is 0 Å². The molecule has 0 fully saturated rings. The topological polar surface area (TPSA) is 24.4 Å². The van der Waals surface area contributed by atoms with E-state index in [4.69, 9.17) is 0 Å². The van der Waals surface area contributed by atoms with Gasteiger partial charge < -0.3 is 5.32 Å². The highest BCUT2D eigenvalue weighted by Gasteiger charge is 2.24. The third kappa shape index (κ3) is 3.02. The number of hydrogen-bond donors (Lipinski definition) is 1. The fourth-order valence-electron chi connectivity index (χ4n) is 2.00. The van der Waals surface area contributed by atoms with Crippen LogP contribution in [0.2, 0.25) is 0 Å². The lowest BCUT2D eigenvalue weighted by molar-refractivity contribution is 0.460. The van der Waals surface area contributed by atoms with Crippen LogP contribution >= 0.6 is 0 Å². The summed E-state index contributed by atoms with van der Waals surface area (Å²) in [5, 5.41) is 3.46. The average molecular weight is 182 g/mol. The molecule has 2 atom stereocenters. The van der Waals surface area contributed by atoms with Gasteiger partial charge in [0.15, 0.2) is 0 Å². The number of unbranched alkanes of at least 4 members (excludes halogenated alkanes) is 2. The number of nitrogens with one attached hydrogen (secondary N) is 1. The van der Waals surface area contributed by atoms with E-state index in [0.717, 1.165) is 5.84 Å². The molecule has 1 N–H and O–H groups in total. The van der Waals surface area contributed by atoms with Crippen molar-refractivity contribution in [2.45, 2.75) is 65.0 Å². The van der Waals surface area contributed by atoms with Crippen LogP contribution in [0.4, 0.5) is 0 Å². The summed E-state index contributed by atoms with van der Waals surface area (Å²) in [7, 11) is 0. The molecule has 0 saturated carbocycles. The Morgan fingerprint density at radius 2 is 2.08 bits per heavy atom. The molecule has 0 spiro atoms. The summed E-state index contributed by atoms with van der Waals surface area (Å²) in [6, 6.07) is 1.16. The van der Waals surface area contributed by atoms with Gasteiger partial charge in [-0.2, -0.15) is 0 Å². The Hall–Kier alpha value is -0.530. The molecule has 2 heteroatoms. The Morgan fingerprint density at radius 3 is 2.69 bits per heavy atom. The predicted molar refractivity (Wildman–Crippen MR) is 58.3 cm³/mol. The standard InChI is InChI=1S/C11H22N2/c1-4-6-7-8-11-10(5-2)12-9(3)13-11/h10-11H,4-8H2,1-3H3,(H,12,13). The normalized spacial score (nSPS) is 27.2. The van der Waals surface area contributed by atoms with Crippen molar-refractivity contribution in [2.75, 3.05) is 0 Å². The number of nitrogens with zero attached hydrogens (tertiary/aromatic N) is 1. The van der Waals surface area contributed by atoms with Gasteiger partial charge in [0, 0.05) is 6.04 Å². The molecule has 0 saturated heterocycles. The largest absolute Gasteiger partial charge is 0.369 e. The van der Waals surface area contributed by atoms with Gasteiger partial charge in [-0.3, -0.25) is 4.99 Å². The van der Waals surface area contributed by atoms with Crippen molar-refractivity contribution in [1.82, 2.24) is 5.32 Å². The quantitative estimate of drug-likeness (QED) is 0.650. The molecule has 76 valence electrons. The van der Waals surface area contributed by atoms with Crippen LogP contribution in [0.1, 0.15) is 52.9 Å². The van der Waals surface area contributed by atoms with Crippen LogP contribution in [0.3, 0.4) is 0 Å². The molecule has 1 aliphatic heterocycles. The fourth-order valence-corrected chi connectivity index (χ4v) is 2.00. The SMILES string of the molecule is CCCCCC1NC(C)=NC1CC. The van der Waals surface area contributed by atoms with Crippen LogP contribution in [0.25, 0.3) is 0 Å². The average Bonchev–Trinajstić information content (AvgIpc) is 2.47.